The van der Waals surface area contributed by atoms with Gasteiger partial charge in [0.2, 0.25) is 5.95 Å². The lowest BCUT2D eigenvalue weighted by molar-refractivity contribution is 0.483. The van der Waals surface area contributed by atoms with E-state index < -0.39 is 0 Å². The minimum Gasteiger partial charge on any atom is -0.457 e. The minimum absolute atomic E-state index is 0.411. The van der Waals surface area contributed by atoms with Crippen LogP contribution in [0.4, 0.5) is 23.1 Å². The van der Waals surface area contributed by atoms with Gasteiger partial charge in [-0.15, -0.1) is 5.10 Å². The summed E-state index contributed by atoms with van der Waals surface area (Å²) >= 11 is 0. The normalized spacial score (nSPS) is 10.3. The number of rotatable bonds is 6. The van der Waals surface area contributed by atoms with Crippen molar-refractivity contribution in [1.29, 1.82) is 0 Å². The summed E-state index contributed by atoms with van der Waals surface area (Å²) in [6.45, 7) is 2.04. The molecule has 138 valence electrons. The Balaban J connectivity index is 1.42. The highest BCUT2D eigenvalue weighted by atomic mass is 16.5. The highest BCUT2D eigenvalue weighted by Gasteiger charge is 2.03. The number of anilines is 4. The summed E-state index contributed by atoms with van der Waals surface area (Å²) in [6.07, 6.45) is 1.59. The van der Waals surface area contributed by atoms with Gasteiger partial charge in [0.15, 0.2) is 5.82 Å². The molecule has 1 heterocycles. The molecule has 0 saturated carbocycles. The van der Waals surface area contributed by atoms with Crippen LogP contribution in [0.3, 0.4) is 0 Å². The van der Waals surface area contributed by atoms with Gasteiger partial charge in [-0.25, -0.2) is 0 Å². The highest BCUT2D eigenvalue weighted by molar-refractivity contribution is 5.59. The predicted octanol–water partition coefficient (Wildman–Crippen LogP) is 5.46. The third-order valence-corrected chi connectivity index (χ3v) is 3.94. The summed E-state index contributed by atoms with van der Waals surface area (Å²) < 4.78 is 5.80. The van der Waals surface area contributed by atoms with E-state index in [1.54, 1.807) is 6.20 Å². The molecule has 4 aromatic rings. The summed E-state index contributed by atoms with van der Waals surface area (Å²) in [7, 11) is 0. The van der Waals surface area contributed by atoms with E-state index in [2.05, 4.69) is 25.8 Å². The monoisotopic (exact) mass is 369 g/mol. The van der Waals surface area contributed by atoms with Crippen LogP contribution in [0, 0.1) is 6.92 Å². The van der Waals surface area contributed by atoms with Crippen LogP contribution in [0.1, 0.15) is 5.56 Å². The molecule has 28 heavy (non-hydrogen) atoms. The van der Waals surface area contributed by atoms with Gasteiger partial charge in [0.1, 0.15) is 11.5 Å². The first-order chi connectivity index (χ1) is 13.7. The Labute approximate surface area is 163 Å². The fourth-order valence-electron chi connectivity index (χ4n) is 2.65. The van der Waals surface area contributed by atoms with E-state index in [1.807, 2.05) is 85.8 Å². The maximum absolute atomic E-state index is 5.80. The SMILES string of the molecule is Cc1cccc(Nc2cnnc(Nc3ccc(Oc4ccccc4)cc3)n2)c1. The smallest absolute Gasteiger partial charge is 0.249 e. The lowest BCUT2D eigenvalue weighted by Gasteiger charge is -2.09. The first kappa shape index (κ1) is 17.5. The second-order valence-electron chi connectivity index (χ2n) is 6.22. The van der Waals surface area contributed by atoms with Crippen LogP contribution in [0.25, 0.3) is 0 Å². The number of nitrogens with one attached hydrogen (secondary N) is 2. The summed E-state index contributed by atoms with van der Waals surface area (Å²) in [5, 5.41) is 14.4. The Morgan fingerprint density at radius 1 is 0.750 bits per heavy atom. The third kappa shape index (κ3) is 4.62. The second kappa shape index (κ2) is 8.18. The van der Waals surface area contributed by atoms with Gasteiger partial charge in [-0.2, -0.15) is 10.1 Å². The Morgan fingerprint density at radius 3 is 2.32 bits per heavy atom. The van der Waals surface area contributed by atoms with E-state index in [0.29, 0.717) is 11.8 Å². The number of nitrogens with zero attached hydrogens (tertiary/aromatic N) is 3. The maximum Gasteiger partial charge on any atom is 0.249 e. The van der Waals surface area contributed by atoms with Crippen LogP contribution in [-0.2, 0) is 0 Å². The fourth-order valence-corrected chi connectivity index (χ4v) is 2.65. The number of aryl methyl sites for hydroxylation is 1. The van der Waals surface area contributed by atoms with Crippen LogP contribution in [0.15, 0.2) is 85.1 Å². The van der Waals surface area contributed by atoms with E-state index in [1.165, 1.54) is 5.56 Å². The molecule has 0 amide bonds. The predicted molar refractivity (Wildman–Crippen MR) is 111 cm³/mol. The van der Waals surface area contributed by atoms with Gasteiger partial charge in [0, 0.05) is 11.4 Å². The van der Waals surface area contributed by atoms with E-state index in [0.717, 1.165) is 22.9 Å². The molecular formula is C22H19N5O. The molecule has 0 aliphatic rings. The molecule has 4 rings (SSSR count). The molecule has 0 aliphatic carbocycles. The van der Waals surface area contributed by atoms with Crippen molar-refractivity contribution < 1.29 is 4.74 Å². The number of benzene rings is 3. The molecule has 2 N–H and O–H groups in total. The Kier molecular flexibility index (Phi) is 5.11. The molecule has 6 heteroatoms. The molecule has 0 fully saturated rings. The molecule has 0 radical (unpaired) electrons. The quantitative estimate of drug-likeness (QED) is 0.470. The molecule has 1 aromatic heterocycles. The van der Waals surface area contributed by atoms with Crippen LogP contribution >= 0.6 is 0 Å². The zero-order chi connectivity index (χ0) is 19.2. The van der Waals surface area contributed by atoms with E-state index in [9.17, 15) is 0 Å². The number of hydrogen-bond acceptors (Lipinski definition) is 6. The van der Waals surface area contributed by atoms with Crippen LogP contribution in [0.5, 0.6) is 11.5 Å². The molecule has 6 nitrogen and oxygen atoms in total. The van der Waals surface area contributed by atoms with Gasteiger partial charge in [0.05, 0.1) is 6.20 Å². The Hall–Kier alpha value is -3.93. The lowest BCUT2D eigenvalue weighted by atomic mass is 10.2. The van der Waals surface area contributed by atoms with E-state index >= 15 is 0 Å². The van der Waals surface area contributed by atoms with Gasteiger partial charge < -0.3 is 15.4 Å². The first-order valence-electron chi connectivity index (χ1n) is 8.88. The van der Waals surface area contributed by atoms with Crippen molar-refractivity contribution in [3.8, 4) is 11.5 Å². The fraction of sp³-hybridized carbons (Fsp3) is 0.0455. The molecule has 0 aliphatic heterocycles. The van der Waals surface area contributed by atoms with Gasteiger partial charge in [0.25, 0.3) is 0 Å². The molecule has 0 bridgehead atoms. The zero-order valence-corrected chi connectivity index (χ0v) is 15.3. The highest BCUT2D eigenvalue weighted by Crippen LogP contribution is 2.24. The zero-order valence-electron chi connectivity index (χ0n) is 15.3. The Bertz CT molecular complexity index is 1050. The molecule has 0 atom stereocenters. The van der Waals surface area contributed by atoms with Crippen molar-refractivity contribution in [2.45, 2.75) is 6.92 Å². The van der Waals surface area contributed by atoms with Crippen molar-refractivity contribution in [3.63, 3.8) is 0 Å². The summed E-state index contributed by atoms with van der Waals surface area (Å²) in [5.74, 6) is 2.58. The van der Waals surface area contributed by atoms with E-state index in [-0.39, 0.29) is 0 Å². The van der Waals surface area contributed by atoms with Gasteiger partial charge in [-0.3, -0.25) is 0 Å². The number of para-hydroxylation sites is 1. The minimum atomic E-state index is 0.411. The molecule has 3 aromatic carbocycles. The molecular weight excluding hydrogens is 350 g/mol. The largest absolute Gasteiger partial charge is 0.457 e. The maximum atomic E-state index is 5.80. The van der Waals surface area contributed by atoms with Crippen molar-refractivity contribution in [3.05, 3.63) is 90.6 Å². The third-order valence-electron chi connectivity index (χ3n) is 3.94. The molecule has 0 saturated heterocycles. The number of aromatic nitrogens is 3. The standard InChI is InChI=1S/C22H19N5O/c1-16-6-5-7-18(14-16)24-21-15-23-27-22(26-21)25-17-10-12-20(13-11-17)28-19-8-3-2-4-9-19/h2-15H,1H3,(H2,24,25,26,27). The van der Waals surface area contributed by atoms with Crippen LogP contribution < -0.4 is 15.4 Å². The Morgan fingerprint density at radius 2 is 1.54 bits per heavy atom. The average molecular weight is 369 g/mol. The molecule has 0 unspecified atom stereocenters. The van der Waals surface area contributed by atoms with Crippen molar-refractivity contribution >= 4 is 23.1 Å². The van der Waals surface area contributed by atoms with Crippen LogP contribution in [0.2, 0.25) is 0 Å². The summed E-state index contributed by atoms with van der Waals surface area (Å²) in [6, 6.07) is 25.3. The van der Waals surface area contributed by atoms with Crippen molar-refractivity contribution in [1.82, 2.24) is 15.2 Å². The number of hydrogen-bond donors (Lipinski definition) is 2. The molecule has 0 spiro atoms. The van der Waals surface area contributed by atoms with Crippen LogP contribution in [-0.4, -0.2) is 15.2 Å². The summed E-state index contributed by atoms with van der Waals surface area (Å²) in [5.41, 5.74) is 2.96. The second-order valence-corrected chi connectivity index (χ2v) is 6.22. The van der Waals surface area contributed by atoms with Gasteiger partial charge in [-0.05, 0) is 61.0 Å². The average Bonchev–Trinajstić information content (AvgIpc) is 2.71. The van der Waals surface area contributed by atoms with Crippen molar-refractivity contribution in [2.75, 3.05) is 10.6 Å². The topological polar surface area (TPSA) is 72.0 Å². The van der Waals surface area contributed by atoms with E-state index in [4.69, 9.17) is 4.74 Å². The van der Waals surface area contributed by atoms with Gasteiger partial charge >= 0.3 is 0 Å². The lowest BCUT2D eigenvalue weighted by Crippen LogP contribution is -2.02. The van der Waals surface area contributed by atoms with Gasteiger partial charge in [-0.1, -0.05) is 30.3 Å². The van der Waals surface area contributed by atoms with Crippen molar-refractivity contribution in [2.24, 2.45) is 0 Å². The first-order valence-corrected chi connectivity index (χ1v) is 8.88. The summed E-state index contributed by atoms with van der Waals surface area (Å²) in [4.78, 5) is 4.46. The number of ether oxygens (including phenoxy) is 1.